The molecule has 5 heteroatoms. The minimum absolute atomic E-state index is 0.0210. The Hall–Kier alpha value is -1.13. The molecule has 136 valence electrons. The number of ether oxygens (including phenoxy) is 2. The van der Waals surface area contributed by atoms with E-state index in [0.29, 0.717) is 0 Å². The number of rotatable bonds is 14. The molecular weight excluding hydrogens is 294 g/mol. The molecule has 0 aliphatic heterocycles. The number of carbonyl (C=O) groups excluding carboxylic acids is 1. The predicted molar refractivity (Wildman–Crippen MR) is 93.3 cm³/mol. The molecule has 0 aromatic rings. The molecule has 0 amide bonds. The van der Waals surface area contributed by atoms with Gasteiger partial charge in [0.15, 0.2) is 0 Å². The van der Waals surface area contributed by atoms with Crippen molar-refractivity contribution in [3.8, 4) is 0 Å². The maximum atomic E-state index is 11.5. The van der Waals surface area contributed by atoms with Crippen molar-refractivity contribution in [3.63, 3.8) is 0 Å². The molecule has 0 N–H and O–H groups in total. The molecule has 2 atom stereocenters. The summed E-state index contributed by atoms with van der Waals surface area (Å²) in [5, 5.41) is 2.98. The van der Waals surface area contributed by atoms with Gasteiger partial charge in [0.2, 0.25) is 6.23 Å². The van der Waals surface area contributed by atoms with Crippen molar-refractivity contribution in [2.24, 2.45) is 11.1 Å². The highest BCUT2D eigenvalue weighted by atomic mass is 16.7. The molecule has 0 aromatic carbocycles. The molecular formula is C18H35NO4. The van der Waals surface area contributed by atoms with Gasteiger partial charge in [-0.05, 0) is 31.9 Å². The molecule has 0 bridgehead atoms. The largest absolute Gasteiger partial charge is 0.510 e. The van der Waals surface area contributed by atoms with E-state index in [2.05, 4.69) is 12.1 Å². The highest BCUT2D eigenvalue weighted by molar-refractivity contribution is 5.60. The fourth-order valence-corrected chi connectivity index (χ4v) is 2.61. The van der Waals surface area contributed by atoms with Gasteiger partial charge in [-0.2, -0.15) is 0 Å². The van der Waals surface area contributed by atoms with Gasteiger partial charge in [0.05, 0.1) is 6.10 Å². The van der Waals surface area contributed by atoms with Gasteiger partial charge in [-0.25, -0.2) is 4.79 Å². The highest BCUT2D eigenvalue weighted by Gasteiger charge is 2.25. The lowest BCUT2D eigenvalue weighted by Gasteiger charge is -2.20. The van der Waals surface area contributed by atoms with E-state index in [0.717, 1.165) is 25.7 Å². The van der Waals surface area contributed by atoms with E-state index in [1.54, 1.807) is 13.8 Å². The van der Waals surface area contributed by atoms with Crippen molar-refractivity contribution < 1.29 is 14.3 Å². The Bertz CT molecular complexity index is 307. The number of hydrogen-bond acceptors (Lipinski definition) is 5. The van der Waals surface area contributed by atoms with E-state index in [1.807, 2.05) is 6.92 Å². The fourth-order valence-electron chi connectivity index (χ4n) is 2.61. The Kier molecular flexibility index (Phi) is 13.8. The molecule has 0 saturated carbocycles. The first-order valence-corrected chi connectivity index (χ1v) is 9.24. The molecule has 2 unspecified atom stereocenters. The van der Waals surface area contributed by atoms with Gasteiger partial charge in [-0.15, -0.1) is 4.91 Å². The monoisotopic (exact) mass is 329 g/mol. The van der Waals surface area contributed by atoms with Crippen molar-refractivity contribution >= 4 is 6.16 Å². The molecule has 0 aliphatic rings. The fraction of sp³-hybridized carbons (Fsp3) is 0.944. The molecule has 0 heterocycles. The summed E-state index contributed by atoms with van der Waals surface area (Å²) in [4.78, 5) is 22.5. The summed E-state index contributed by atoms with van der Waals surface area (Å²) in [6, 6.07) is 0. The average Bonchev–Trinajstić information content (AvgIpc) is 2.51. The second kappa shape index (κ2) is 14.5. The SMILES string of the molecule is CCCCCCCCCCC(CC)C(N=O)OC(=O)OC(C)C. The molecule has 0 spiro atoms. The predicted octanol–water partition coefficient (Wildman–Crippen LogP) is 6.20. The van der Waals surface area contributed by atoms with Gasteiger partial charge in [-0.3, -0.25) is 0 Å². The maximum absolute atomic E-state index is 11.5. The van der Waals surface area contributed by atoms with Crippen molar-refractivity contribution in [3.05, 3.63) is 4.91 Å². The molecule has 23 heavy (non-hydrogen) atoms. The van der Waals surface area contributed by atoms with E-state index < -0.39 is 12.4 Å². The summed E-state index contributed by atoms with van der Waals surface area (Å²) >= 11 is 0. The van der Waals surface area contributed by atoms with E-state index in [9.17, 15) is 9.70 Å². The quantitative estimate of drug-likeness (QED) is 0.216. The molecule has 0 saturated heterocycles. The van der Waals surface area contributed by atoms with E-state index >= 15 is 0 Å². The third-order valence-corrected chi connectivity index (χ3v) is 4.01. The summed E-state index contributed by atoms with van der Waals surface area (Å²) in [5.74, 6) is -0.0210. The van der Waals surface area contributed by atoms with Crippen LogP contribution in [0.3, 0.4) is 0 Å². The molecule has 0 rings (SSSR count). The number of hydrogen-bond donors (Lipinski definition) is 0. The van der Waals surface area contributed by atoms with Crippen LogP contribution in [-0.4, -0.2) is 18.5 Å². The zero-order valence-corrected chi connectivity index (χ0v) is 15.4. The smallest absolute Gasteiger partial charge is 0.432 e. The van der Waals surface area contributed by atoms with Crippen LogP contribution in [0.15, 0.2) is 5.18 Å². The van der Waals surface area contributed by atoms with Crippen LogP contribution in [0.4, 0.5) is 4.79 Å². The zero-order chi connectivity index (χ0) is 17.5. The van der Waals surface area contributed by atoms with E-state index in [1.165, 1.54) is 38.5 Å². The first-order chi connectivity index (χ1) is 11.0. The van der Waals surface area contributed by atoms with Crippen LogP contribution in [0.1, 0.15) is 91.9 Å². The van der Waals surface area contributed by atoms with Crippen LogP contribution in [0, 0.1) is 10.8 Å². The first-order valence-electron chi connectivity index (χ1n) is 9.24. The van der Waals surface area contributed by atoms with Gasteiger partial charge in [-0.1, -0.05) is 65.2 Å². The van der Waals surface area contributed by atoms with Gasteiger partial charge in [0, 0.05) is 5.92 Å². The Morgan fingerprint density at radius 3 is 1.96 bits per heavy atom. The van der Waals surface area contributed by atoms with Crippen molar-refractivity contribution in [2.45, 2.75) is 104 Å². The normalized spacial score (nSPS) is 13.6. The van der Waals surface area contributed by atoms with Gasteiger partial charge in [0.1, 0.15) is 0 Å². The van der Waals surface area contributed by atoms with Gasteiger partial charge in [0.25, 0.3) is 0 Å². The molecule has 0 fully saturated rings. The summed E-state index contributed by atoms with van der Waals surface area (Å²) in [5.41, 5.74) is 0. The molecule has 5 nitrogen and oxygen atoms in total. The third kappa shape index (κ3) is 12.0. The summed E-state index contributed by atoms with van der Waals surface area (Å²) in [7, 11) is 0. The van der Waals surface area contributed by atoms with Crippen LogP contribution >= 0.6 is 0 Å². The second-order valence-corrected chi connectivity index (χ2v) is 6.46. The number of carbonyl (C=O) groups is 1. The maximum Gasteiger partial charge on any atom is 0.510 e. The Morgan fingerprint density at radius 1 is 0.913 bits per heavy atom. The highest BCUT2D eigenvalue weighted by Crippen LogP contribution is 2.22. The van der Waals surface area contributed by atoms with Crippen LogP contribution in [0.25, 0.3) is 0 Å². The van der Waals surface area contributed by atoms with Crippen molar-refractivity contribution in [1.82, 2.24) is 0 Å². The lowest BCUT2D eigenvalue weighted by atomic mass is 9.96. The minimum atomic E-state index is -0.934. The second-order valence-electron chi connectivity index (χ2n) is 6.46. The van der Waals surface area contributed by atoms with Gasteiger partial charge < -0.3 is 9.47 Å². The topological polar surface area (TPSA) is 65.0 Å². The number of unbranched alkanes of at least 4 members (excludes halogenated alkanes) is 7. The zero-order valence-electron chi connectivity index (χ0n) is 15.4. The first kappa shape index (κ1) is 21.9. The lowest BCUT2D eigenvalue weighted by molar-refractivity contribution is -0.0110. The van der Waals surface area contributed by atoms with Crippen molar-refractivity contribution in [1.29, 1.82) is 0 Å². The standard InChI is InChI=1S/C18H35NO4/c1-5-7-8-9-10-11-12-13-14-16(6-2)17(19-21)23-18(20)22-15(3)4/h15-17H,5-14H2,1-4H3. The number of nitroso groups, excluding NO2 is 1. The molecule has 0 aromatic heterocycles. The number of nitrogens with zero attached hydrogens (tertiary/aromatic N) is 1. The average molecular weight is 329 g/mol. The van der Waals surface area contributed by atoms with Gasteiger partial charge >= 0.3 is 6.16 Å². The van der Waals surface area contributed by atoms with E-state index in [-0.39, 0.29) is 12.0 Å². The van der Waals surface area contributed by atoms with Crippen molar-refractivity contribution in [2.75, 3.05) is 0 Å². The molecule has 0 aliphatic carbocycles. The Balaban J connectivity index is 3.95. The van der Waals surface area contributed by atoms with Crippen LogP contribution < -0.4 is 0 Å². The summed E-state index contributed by atoms with van der Waals surface area (Å²) < 4.78 is 9.95. The van der Waals surface area contributed by atoms with E-state index in [4.69, 9.17) is 9.47 Å². The summed E-state index contributed by atoms with van der Waals surface area (Å²) in [6.07, 6.45) is 9.58. The van der Waals surface area contributed by atoms with Crippen LogP contribution in [0.2, 0.25) is 0 Å². The molecule has 0 radical (unpaired) electrons. The lowest BCUT2D eigenvalue weighted by Crippen LogP contribution is -2.26. The van der Waals surface area contributed by atoms with Crippen LogP contribution in [-0.2, 0) is 9.47 Å². The Morgan fingerprint density at radius 2 is 1.48 bits per heavy atom. The Labute approximate surface area is 141 Å². The van der Waals surface area contributed by atoms with Crippen LogP contribution in [0.5, 0.6) is 0 Å². The summed E-state index contributed by atoms with van der Waals surface area (Å²) in [6.45, 7) is 7.69. The minimum Gasteiger partial charge on any atom is -0.432 e. The third-order valence-electron chi connectivity index (χ3n) is 4.01.